The van der Waals surface area contributed by atoms with Gasteiger partial charge in [0.05, 0.1) is 18.2 Å². The topological polar surface area (TPSA) is 72.5 Å². The second kappa shape index (κ2) is 3.98. The summed E-state index contributed by atoms with van der Waals surface area (Å²) in [5, 5.41) is 0. The summed E-state index contributed by atoms with van der Waals surface area (Å²) in [5.74, 6) is 0.453. The summed E-state index contributed by atoms with van der Waals surface area (Å²) >= 11 is 0. The number of carbonyl (C=O) groups excluding carboxylic acids is 1. The predicted octanol–water partition coefficient (Wildman–Crippen LogP) is 1.80. The molecule has 1 N–H and O–H groups in total. The number of ether oxygens (including phenoxy) is 1. The average Bonchev–Trinajstić information content (AvgIpc) is 2.15. The molecule has 0 spiro atoms. The van der Waals surface area contributed by atoms with Crippen molar-refractivity contribution < 1.29 is 17.9 Å². The molecule has 0 radical (unpaired) electrons. The maximum Gasteiger partial charge on any atom is 0.229 e. The van der Waals surface area contributed by atoms with E-state index in [9.17, 15) is 13.2 Å². The van der Waals surface area contributed by atoms with Crippen LogP contribution in [0.5, 0.6) is 5.75 Å². The molecule has 6 heteroatoms. The van der Waals surface area contributed by atoms with Crippen molar-refractivity contribution in [2.75, 3.05) is 11.0 Å². The van der Waals surface area contributed by atoms with E-state index in [1.807, 2.05) is 13.8 Å². The lowest BCUT2D eigenvalue weighted by Gasteiger charge is -2.31. The summed E-state index contributed by atoms with van der Waals surface area (Å²) in [6.07, 6.45) is 1.34. The van der Waals surface area contributed by atoms with Crippen molar-refractivity contribution in [2.45, 2.75) is 25.9 Å². The largest absolute Gasteiger partial charge is 0.487 e. The predicted molar refractivity (Wildman–Crippen MR) is 68.6 cm³/mol. The fraction of sp³-hybridized carbons (Fsp3) is 0.417. The van der Waals surface area contributed by atoms with Gasteiger partial charge in [0.15, 0.2) is 5.78 Å². The van der Waals surface area contributed by atoms with Gasteiger partial charge in [-0.25, -0.2) is 8.42 Å². The third-order valence-corrected chi connectivity index (χ3v) is 3.16. The molecule has 5 nitrogen and oxygen atoms in total. The molecule has 0 unspecified atom stereocenters. The van der Waals surface area contributed by atoms with Crippen molar-refractivity contribution in [1.29, 1.82) is 0 Å². The zero-order valence-electron chi connectivity index (χ0n) is 10.5. The van der Waals surface area contributed by atoms with E-state index in [0.29, 0.717) is 17.0 Å². The number of fused-ring (bicyclic) bond motifs is 1. The minimum absolute atomic E-state index is 0.0431. The van der Waals surface area contributed by atoms with E-state index in [4.69, 9.17) is 4.74 Å². The Bertz CT molecular complexity index is 605. The first-order valence-corrected chi connectivity index (χ1v) is 7.39. The number of ketones is 1. The van der Waals surface area contributed by atoms with E-state index in [2.05, 4.69) is 4.72 Å². The maximum atomic E-state index is 12.0. The number of anilines is 1. The van der Waals surface area contributed by atoms with Crippen LogP contribution in [0.1, 0.15) is 30.6 Å². The molecule has 0 bridgehead atoms. The Morgan fingerprint density at radius 2 is 2.00 bits per heavy atom. The SMILES string of the molecule is CC1(C)CC(=O)c2cc(NS(C)(=O)=O)ccc2O1. The van der Waals surface area contributed by atoms with E-state index in [0.717, 1.165) is 6.26 Å². The number of carbonyl (C=O) groups is 1. The highest BCUT2D eigenvalue weighted by atomic mass is 32.2. The van der Waals surface area contributed by atoms with Crippen LogP contribution < -0.4 is 9.46 Å². The summed E-state index contributed by atoms with van der Waals surface area (Å²) in [5.41, 5.74) is 0.270. The van der Waals surface area contributed by atoms with Gasteiger partial charge in [-0.3, -0.25) is 9.52 Å². The standard InChI is InChI=1S/C12H15NO4S/c1-12(2)7-10(14)9-6-8(13-18(3,15)16)4-5-11(9)17-12/h4-6,13H,7H2,1-3H3. The summed E-state index contributed by atoms with van der Waals surface area (Å²) in [6, 6.07) is 4.70. The Morgan fingerprint density at radius 1 is 1.33 bits per heavy atom. The van der Waals surface area contributed by atoms with Crippen LogP contribution in [0.4, 0.5) is 5.69 Å². The first-order valence-electron chi connectivity index (χ1n) is 5.50. The van der Waals surface area contributed by atoms with Crippen molar-refractivity contribution in [3.63, 3.8) is 0 Å². The lowest BCUT2D eigenvalue weighted by molar-refractivity contribution is 0.0620. The summed E-state index contributed by atoms with van der Waals surface area (Å²) in [4.78, 5) is 12.0. The number of hydrogen-bond donors (Lipinski definition) is 1. The van der Waals surface area contributed by atoms with Gasteiger partial charge in [-0.2, -0.15) is 0 Å². The molecule has 0 atom stereocenters. The molecule has 1 aromatic rings. The van der Waals surface area contributed by atoms with Gasteiger partial charge in [0, 0.05) is 5.69 Å². The zero-order chi connectivity index (χ0) is 13.6. The van der Waals surface area contributed by atoms with Gasteiger partial charge < -0.3 is 4.74 Å². The minimum atomic E-state index is -3.35. The number of rotatable bonds is 2. The fourth-order valence-electron chi connectivity index (χ4n) is 1.93. The second-order valence-corrected chi connectivity index (χ2v) is 6.80. The molecule has 2 rings (SSSR count). The maximum absolute atomic E-state index is 12.0. The van der Waals surface area contributed by atoms with Gasteiger partial charge in [0.2, 0.25) is 10.0 Å². The lowest BCUT2D eigenvalue weighted by atomic mass is 9.93. The van der Waals surface area contributed by atoms with E-state index in [1.165, 1.54) is 6.07 Å². The Labute approximate surface area is 106 Å². The normalized spacial score (nSPS) is 17.8. The molecular formula is C12H15NO4S. The van der Waals surface area contributed by atoms with E-state index >= 15 is 0 Å². The van der Waals surface area contributed by atoms with Crippen LogP contribution in [0.25, 0.3) is 0 Å². The molecule has 0 amide bonds. The van der Waals surface area contributed by atoms with Crippen molar-refractivity contribution in [3.05, 3.63) is 23.8 Å². The van der Waals surface area contributed by atoms with Crippen LogP contribution in [0.3, 0.4) is 0 Å². The summed E-state index contributed by atoms with van der Waals surface area (Å²) in [7, 11) is -3.35. The molecule has 1 aliphatic heterocycles. The Balaban J connectivity index is 2.39. The fourth-order valence-corrected chi connectivity index (χ4v) is 2.49. The van der Waals surface area contributed by atoms with Gasteiger partial charge in [0.1, 0.15) is 11.4 Å². The lowest BCUT2D eigenvalue weighted by Crippen LogP contribution is -2.35. The van der Waals surface area contributed by atoms with Gasteiger partial charge in [-0.1, -0.05) is 0 Å². The van der Waals surface area contributed by atoms with Crippen LogP contribution in [-0.2, 0) is 10.0 Å². The third-order valence-electron chi connectivity index (χ3n) is 2.56. The Hall–Kier alpha value is -1.56. The highest BCUT2D eigenvalue weighted by Crippen LogP contribution is 2.34. The van der Waals surface area contributed by atoms with Crippen LogP contribution in [-0.4, -0.2) is 26.1 Å². The van der Waals surface area contributed by atoms with Gasteiger partial charge in [0.25, 0.3) is 0 Å². The monoisotopic (exact) mass is 269 g/mol. The molecule has 1 aliphatic rings. The molecular weight excluding hydrogens is 254 g/mol. The van der Waals surface area contributed by atoms with E-state index < -0.39 is 15.6 Å². The highest BCUT2D eigenvalue weighted by Gasteiger charge is 2.32. The minimum Gasteiger partial charge on any atom is -0.487 e. The summed E-state index contributed by atoms with van der Waals surface area (Å²) in [6.45, 7) is 3.69. The van der Waals surface area contributed by atoms with Crippen LogP contribution >= 0.6 is 0 Å². The Morgan fingerprint density at radius 3 is 2.61 bits per heavy atom. The molecule has 98 valence electrons. The second-order valence-electron chi connectivity index (χ2n) is 5.05. The van der Waals surface area contributed by atoms with Crippen molar-refractivity contribution >= 4 is 21.5 Å². The van der Waals surface area contributed by atoms with Gasteiger partial charge >= 0.3 is 0 Å². The van der Waals surface area contributed by atoms with Crippen LogP contribution in [0.2, 0.25) is 0 Å². The first kappa shape index (κ1) is 12.9. The number of benzene rings is 1. The van der Waals surface area contributed by atoms with Crippen molar-refractivity contribution in [2.24, 2.45) is 0 Å². The van der Waals surface area contributed by atoms with Crippen LogP contribution in [0.15, 0.2) is 18.2 Å². The molecule has 0 saturated carbocycles. The molecule has 18 heavy (non-hydrogen) atoms. The molecule has 0 fully saturated rings. The zero-order valence-corrected chi connectivity index (χ0v) is 11.3. The van der Waals surface area contributed by atoms with Crippen LogP contribution in [0, 0.1) is 0 Å². The van der Waals surface area contributed by atoms with Crippen molar-refractivity contribution in [1.82, 2.24) is 0 Å². The molecule has 1 heterocycles. The molecule has 0 saturated heterocycles. The number of hydrogen-bond acceptors (Lipinski definition) is 4. The van der Waals surface area contributed by atoms with Gasteiger partial charge in [-0.05, 0) is 32.0 Å². The molecule has 0 aromatic heterocycles. The number of nitrogens with one attached hydrogen (secondary N) is 1. The first-order chi connectivity index (χ1) is 8.16. The van der Waals surface area contributed by atoms with E-state index in [1.54, 1.807) is 12.1 Å². The molecule has 0 aliphatic carbocycles. The smallest absolute Gasteiger partial charge is 0.229 e. The highest BCUT2D eigenvalue weighted by molar-refractivity contribution is 7.92. The summed E-state index contributed by atoms with van der Waals surface area (Å²) < 4.78 is 30.3. The number of Topliss-reactive ketones (excluding diaryl/α,β-unsaturated/α-hetero) is 1. The van der Waals surface area contributed by atoms with E-state index in [-0.39, 0.29) is 12.2 Å². The third kappa shape index (κ3) is 2.81. The molecule has 1 aromatic carbocycles. The quantitative estimate of drug-likeness (QED) is 0.888. The average molecular weight is 269 g/mol. The van der Waals surface area contributed by atoms with Crippen molar-refractivity contribution in [3.8, 4) is 5.75 Å². The van der Waals surface area contributed by atoms with Gasteiger partial charge in [-0.15, -0.1) is 0 Å². The Kier molecular flexibility index (Phi) is 2.85. The number of sulfonamides is 1.